The van der Waals surface area contributed by atoms with Crippen molar-refractivity contribution in [3.05, 3.63) is 70.6 Å². The molecule has 0 atom stereocenters. The lowest BCUT2D eigenvalue weighted by atomic mass is 10.2. The number of carbonyl (C=O) groups excluding carboxylic acids is 1. The van der Waals surface area contributed by atoms with Crippen molar-refractivity contribution >= 4 is 40.3 Å². The summed E-state index contributed by atoms with van der Waals surface area (Å²) in [5, 5.41) is 0. The Hall–Kier alpha value is -2.11. The van der Waals surface area contributed by atoms with Crippen molar-refractivity contribution in [1.29, 1.82) is 0 Å². The van der Waals surface area contributed by atoms with Gasteiger partial charge < -0.3 is 4.74 Å². The molecular weight excluding hydrogens is 350 g/mol. The molecule has 128 valence electrons. The molecule has 5 heteroatoms. The Morgan fingerprint density at radius 3 is 2.52 bits per heavy atom. The average molecular weight is 370 g/mol. The molecule has 1 aliphatic rings. The highest BCUT2D eigenvalue weighted by Crippen LogP contribution is 2.32. The molecule has 1 aliphatic heterocycles. The van der Waals surface area contributed by atoms with Crippen molar-refractivity contribution in [3.63, 3.8) is 0 Å². The molecule has 3 nitrogen and oxygen atoms in total. The number of thiocarbonyl (C=S) groups is 1. The number of rotatable bonds is 6. The van der Waals surface area contributed by atoms with Gasteiger partial charge in [-0.1, -0.05) is 73.4 Å². The molecule has 1 amide bonds. The van der Waals surface area contributed by atoms with Crippen molar-refractivity contribution in [2.75, 3.05) is 6.54 Å². The van der Waals surface area contributed by atoms with E-state index >= 15 is 0 Å². The number of nitrogens with zero attached hydrogens (tertiary/aromatic N) is 1. The third kappa shape index (κ3) is 4.50. The minimum atomic E-state index is 0.00116. The van der Waals surface area contributed by atoms with Crippen LogP contribution < -0.4 is 4.74 Å². The third-order valence-electron chi connectivity index (χ3n) is 3.75. The Morgan fingerprint density at radius 1 is 1.12 bits per heavy atom. The number of hydrogen-bond acceptors (Lipinski definition) is 4. The molecule has 0 aromatic heterocycles. The van der Waals surface area contributed by atoms with Gasteiger partial charge in [-0.25, -0.2) is 0 Å². The van der Waals surface area contributed by atoms with Crippen LogP contribution in [0.2, 0.25) is 0 Å². The maximum atomic E-state index is 12.4. The summed E-state index contributed by atoms with van der Waals surface area (Å²) in [6, 6.07) is 17.8. The number of ether oxygens (including phenoxy) is 1. The number of carbonyl (C=O) groups is 1. The molecule has 1 fully saturated rings. The van der Waals surface area contributed by atoms with E-state index in [0.717, 1.165) is 23.3 Å². The standard InChI is InChI=1S/C20H19NO2S2/c1-2-12-21-19(22)18(25-20(21)24)13-15-8-10-17(11-9-15)23-14-16-6-4-3-5-7-16/h3-11,13H,2,12,14H2,1H3/b18-13-. The Kier molecular flexibility index (Phi) is 5.89. The second kappa shape index (κ2) is 8.32. The first-order valence-corrected chi connectivity index (χ1v) is 9.42. The molecule has 3 rings (SSSR count). The molecule has 0 spiro atoms. The second-order valence-electron chi connectivity index (χ2n) is 5.68. The van der Waals surface area contributed by atoms with Crippen LogP contribution in [-0.4, -0.2) is 21.7 Å². The molecule has 0 radical (unpaired) electrons. The fraction of sp³-hybridized carbons (Fsp3) is 0.200. The van der Waals surface area contributed by atoms with Crippen molar-refractivity contribution in [2.24, 2.45) is 0 Å². The van der Waals surface area contributed by atoms with E-state index in [2.05, 4.69) is 0 Å². The topological polar surface area (TPSA) is 29.5 Å². The SMILES string of the molecule is CCCN1C(=O)/C(=C/c2ccc(OCc3ccccc3)cc2)SC1=S. The first-order chi connectivity index (χ1) is 12.2. The van der Waals surface area contributed by atoms with Crippen LogP contribution in [0.3, 0.4) is 0 Å². The van der Waals surface area contributed by atoms with E-state index in [9.17, 15) is 4.79 Å². The maximum Gasteiger partial charge on any atom is 0.266 e. The normalized spacial score (nSPS) is 15.9. The second-order valence-corrected chi connectivity index (χ2v) is 7.35. The molecule has 0 N–H and O–H groups in total. The van der Waals surface area contributed by atoms with Gasteiger partial charge in [-0.2, -0.15) is 0 Å². The minimum Gasteiger partial charge on any atom is -0.489 e. The quantitative estimate of drug-likeness (QED) is 0.536. The Balaban J connectivity index is 1.64. The van der Waals surface area contributed by atoms with Crippen molar-refractivity contribution in [1.82, 2.24) is 4.90 Å². The van der Waals surface area contributed by atoms with E-state index in [1.165, 1.54) is 11.8 Å². The van der Waals surface area contributed by atoms with E-state index in [4.69, 9.17) is 17.0 Å². The van der Waals surface area contributed by atoms with Gasteiger partial charge in [-0.15, -0.1) is 0 Å². The van der Waals surface area contributed by atoms with Crippen LogP contribution in [0.4, 0.5) is 0 Å². The largest absolute Gasteiger partial charge is 0.489 e. The number of benzene rings is 2. The number of hydrogen-bond donors (Lipinski definition) is 0. The van der Waals surface area contributed by atoms with Gasteiger partial charge >= 0.3 is 0 Å². The van der Waals surface area contributed by atoms with Gasteiger partial charge in [0, 0.05) is 6.54 Å². The van der Waals surface area contributed by atoms with Crippen LogP contribution in [0.5, 0.6) is 5.75 Å². The predicted molar refractivity (Wildman–Crippen MR) is 107 cm³/mol. The number of thioether (sulfide) groups is 1. The summed E-state index contributed by atoms with van der Waals surface area (Å²) < 4.78 is 6.42. The summed E-state index contributed by atoms with van der Waals surface area (Å²) in [4.78, 5) is 14.7. The Bertz CT molecular complexity index is 785. The zero-order valence-electron chi connectivity index (χ0n) is 14.0. The van der Waals surface area contributed by atoms with Gasteiger partial charge in [0.25, 0.3) is 5.91 Å². The molecule has 0 aliphatic carbocycles. The van der Waals surface area contributed by atoms with Gasteiger partial charge in [-0.3, -0.25) is 9.69 Å². The summed E-state index contributed by atoms with van der Waals surface area (Å²) >= 11 is 6.65. The first-order valence-electron chi connectivity index (χ1n) is 8.19. The number of amides is 1. The summed E-state index contributed by atoms with van der Waals surface area (Å²) in [7, 11) is 0. The molecule has 0 unspecified atom stereocenters. The van der Waals surface area contributed by atoms with Gasteiger partial charge in [0.1, 0.15) is 16.7 Å². The highest BCUT2D eigenvalue weighted by atomic mass is 32.2. The van der Waals surface area contributed by atoms with Crippen LogP contribution in [0.15, 0.2) is 59.5 Å². The summed E-state index contributed by atoms with van der Waals surface area (Å²) in [5.41, 5.74) is 2.09. The summed E-state index contributed by atoms with van der Waals surface area (Å²) in [6.07, 6.45) is 2.78. The van der Waals surface area contributed by atoms with Crippen LogP contribution in [0.25, 0.3) is 6.08 Å². The summed E-state index contributed by atoms with van der Waals surface area (Å²) in [6.45, 7) is 3.25. The lowest BCUT2D eigenvalue weighted by molar-refractivity contribution is -0.122. The monoisotopic (exact) mass is 369 g/mol. The minimum absolute atomic E-state index is 0.00116. The fourth-order valence-electron chi connectivity index (χ4n) is 2.47. The third-order valence-corrected chi connectivity index (χ3v) is 5.12. The van der Waals surface area contributed by atoms with Crippen molar-refractivity contribution < 1.29 is 9.53 Å². The Labute approximate surface area is 157 Å². The highest BCUT2D eigenvalue weighted by Gasteiger charge is 2.31. The van der Waals surface area contributed by atoms with Gasteiger partial charge in [0.15, 0.2) is 0 Å². The summed E-state index contributed by atoms with van der Waals surface area (Å²) in [5.74, 6) is 0.806. The Morgan fingerprint density at radius 2 is 1.84 bits per heavy atom. The van der Waals surface area contributed by atoms with Crippen LogP contribution in [0, 0.1) is 0 Å². The molecule has 0 saturated carbocycles. The molecule has 0 bridgehead atoms. The van der Waals surface area contributed by atoms with Gasteiger partial charge in [0.2, 0.25) is 0 Å². The molecule has 1 heterocycles. The zero-order valence-corrected chi connectivity index (χ0v) is 15.6. The van der Waals surface area contributed by atoms with Gasteiger partial charge in [0.05, 0.1) is 4.91 Å². The average Bonchev–Trinajstić information content (AvgIpc) is 2.90. The molecule has 2 aromatic rings. The zero-order chi connectivity index (χ0) is 17.6. The fourth-order valence-corrected chi connectivity index (χ4v) is 3.78. The lowest BCUT2D eigenvalue weighted by Crippen LogP contribution is -2.28. The van der Waals surface area contributed by atoms with Crippen LogP contribution in [0.1, 0.15) is 24.5 Å². The van der Waals surface area contributed by atoms with E-state index in [0.29, 0.717) is 22.4 Å². The van der Waals surface area contributed by atoms with Gasteiger partial charge in [-0.05, 0) is 35.8 Å². The lowest BCUT2D eigenvalue weighted by Gasteiger charge is -2.11. The molecule has 25 heavy (non-hydrogen) atoms. The predicted octanol–water partition coefficient (Wildman–Crippen LogP) is 4.88. The van der Waals surface area contributed by atoms with Crippen molar-refractivity contribution in [2.45, 2.75) is 20.0 Å². The van der Waals surface area contributed by atoms with Crippen molar-refractivity contribution in [3.8, 4) is 5.75 Å². The van der Waals surface area contributed by atoms with E-state index in [1.807, 2.05) is 67.6 Å². The highest BCUT2D eigenvalue weighted by molar-refractivity contribution is 8.26. The van der Waals surface area contributed by atoms with Crippen LogP contribution >= 0.6 is 24.0 Å². The maximum absolute atomic E-state index is 12.4. The van der Waals surface area contributed by atoms with E-state index in [-0.39, 0.29) is 5.91 Å². The molecule has 2 aromatic carbocycles. The van der Waals surface area contributed by atoms with E-state index < -0.39 is 0 Å². The molecular formula is C20H19NO2S2. The van der Waals surface area contributed by atoms with Crippen LogP contribution in [-0.2, 0) is 11.4 Å². The molecule has 1 saturated heterocycles. The first kappa shape index (κ1) is 17.7. The smallest absolute Gasteiger partial charge is 0.266 e. The van der Waals surface area contributed by atoms with E-state index in [1.54, 1.807) is 4.90 Å².